The normalized spacial score (nSPS) is 11.9. The van der Waals surface area contributed by atoms with Gasteiger partial charge in [0.15, 0.2) is 0 Å². The Morgan fingerprint density at radius 1 is 0.407 bits per heavy atom. The van der Waals surface area contributed by atoms with Crippen LogP contribution in [0.5, 0.6) is 0 Å². The van der Waals surface area contributed by atoms with Gasteiger partial charge in [0, 0.05) is 31.0 Å². The van der Waals surface area contributed by atoms with Gasteiger partial charge in [0.05, 0.1) is 0 Å². The molecule has 0 heterocycles. The predicted octanol–water partition coefficient (Wildman–Crippen LogP) is 6.19. The zero-order valence-electron chi connectivity index (χ0n) is 15.0. The van der Waals surface area contributed by atoms with Gasteiger partial charge >= 0.3 is 0 Å². The van der Waals surface area contributed by atoms with Crippen molar-refractivity contribution in [3.05, 3.63) is 109 Å². The molecule has 0 radical (unpaired) electrons. The molecule has 0 atom stereocenters. The Morgan fingerprint density at radius 2 is 0.778 bits per heavy atom. The van der Waals surface area contributed by atoms with Crippen LogP contribution in [0.4, 0.5) is 11.4 Å². The highest BCUT2D eigenvalue weighted by atomic mass is 32.3. The molecule has 0 aromatic heterocycles. The van der Waals surface area contributed by atoms with Crippen molar-refractivity contribution in [1.82, 2.24) is 0 Å². The second-order valence-corrected chi connectivity index (χ2v) is 9.49. The van der Waals surface area contributed by atoms with Gasteiger partial charge in [-0.05, 0) is 60.7 Å². The van der Waals surface area contributed by atoms with E-state index < -0.39 is 10.0 Å². The number of rotatable bonds is 4. The van der Waals surface area contributed by atoms with Crippen LogP contribution in [0.25, 0.3) is 0 Å². The molecule has 4 aromatic carbocycles. The maximum Gasteiger partial charge on any atom is 0.0325 e. The molecule has 0 bridgehead atoms. The summed E-state index contributed by atoms with van der Waals surface area (Å²) in [6.45, 7) is 0. The van der Waals surface area contributed by atoms with E-state index >= 15 is 0 Å². The molecule has 0 unspecified atom stereocenters. The molecule has 3 heteroatoms. The summed E-state index contributed by atoms with van der Waals surface area (Å²) in [4.78, 5) is 4.91. The molecule has 27 heavy (non-hydrogen) atoms. The first-order chi connectivity index (χ1) is 13.2. The molecule has 4 N–H and O–H groups in total. The van der Waals surface area contributed by atoms with E-state index in [1.54, 1.807) is 0 Å². The lowest BCUT2D eigenvalue weighted by molar-refractivity contribution is 1.24. The molecule has 0 aliphatic carbocycles. The molecule has 0 saturated carbocycles. The Kier molecular flexibility index (Phi) is 4.61. The second-order valence-electron chi connectivity index (χ2n) is 6.38. The minimum Gasteiger partial charge on any atom is -0.399 e. The van der Waals surface area contributed by atoms with E-state index in [1.165, 1.54) is 19.6 Å². The number of hydrogen-bond donors (Lipinski definition) is 2. The summed E-state index contributed by atoms with van der Waals surface area (Å²) in [6.07, 6.45) is 0. The van der Waals surface area contributed by atoms with Gasteiger partial charge in [0.1, 0.15) is 0 Å². The van der Waals surface area contributed by atoms with E-state index in [1.807, 2.05) is 24.3 Å². The quantitative estimate of drug-likeness (QED) is 0.421. The topological polar surface area (TPSA) is 52.0 Å². The molecule has 2 nitrogen and oxygen atoms in total. The zero-order chi connectivity index (χ0) is 18.7. The molecule has 4 aromatic rings. The molecule has 0 amide bonds. The Balaban J connectivity index is 2.16. The third kappa shape index (κ3) is 3.07. The lowest BCUT2D eigenvalue weighted by Gasteiger charge is -2.42. The van der Waals surface area contributed by atoms with E-state index in [9.17, 15) is 0 Å². The summed E-state index contributed by atoms with van der Waals surface area (Å²) in [5, 5.41) is 0. The van der Waals surface area contributed by atoms with Crippen LogP contribution >= 0.6 is 10.0 Å². The van der Waals surface area contributed by atoms with Crippen molar-refractivity contribution >= 4 is 21.4 Å². The van der Waals surface area contributed by atoms with Crippen LogP contribution in [0.1, 0.15) is 0 Å². The summed E-state index contributed by atoms with van der Waals surface area (Å²) < 4.78 is 0. The zero-order valence-corrected chi connectivity index (χ0v) is 15.8. The van der Waals surface area contributed by atoms with Crippen LogP contribution in [-0.4, -0.2) is 0 Å². The molecule has 0 aliphatic heterocycles. The highest BCUT2D eigenvalue weighted by Gasteiger charge is 2.33. The second kappa shape index (κ2) is 7.22. The van der Waals surface area contributed by atoms with Crippen molar-refractivity contribution in [3.63, 3.8) is 0 Å². The monoisotopic (exact) mass is 370 g/mol. The summed E-state index contributed by atoms with van der Waals surface area (Å²) in [7, 11) is -1.72. The largest absolute Gasteiger partial charge is 0.399 e. The summed E-state index contributed by atoms with van der Waals surface area (Å²) >= 11 is 0. The first-order valence-electron chi connectivity index (χ1n) is 8.86. The van der Waals surface area contributed by atoms with Gasteiger partial charge in [0.2, 0.25) is 0 Å². The number of nitrogens with two attached hydrogens (primary N) is 2. The highest BCUT2D eigenvalue weighted by Crippen LogP contribution is 2.73. The van der Waals surface area contributed by atoms with Crippen LogP contribution < -0.4 is 11.5 Å². The molecule has 0 aliphatic rings. The number of benzene rings is 4. The molecule has 0 fully saturated rings. The van der Waals surface area contributed by atoms with E-state index in [4.69, 9.17) is 11.5 Å². The fourth-order valence-corrected chi connectivity index (χ4v) is 7.43. The Labute approximate surface area is 161 Å². The molecule has 0 spiro atoms. The SMILES string of the molecule is Nc1cccc(S(c2ccccc2)(c2ccccc2)c2cccc(N)c2)c1. The van der Waals surface area contributed by atoms with Gasteiger partial charge < -0.3 is 11.5 Å². The molecule has 0 saturated heterocycles. The fourth-order valence-electron chi connectivity index (χ4n) is 3.48. The minimum absolute atomic E-state index is 0.764. The van der Waals surface area contributed by atoms with Crippen molar-refractivity contribution < 1.29 is 0 Å². The third-order valence-electron chi connectivity index (χ3n) is 4.62. The maximum atomic E-state index is 6.21. The first-order valence-corrected chi connectivity index (χ1v) is 10.5. The van der Waals surface area contributed by atoms with Gasteiger partial charge in [-0.1, -0.05) is 48.5 Å². The van der Waals surface area contributed by atoms with Crippen LogP contribution in [0, 0.1) is 0 Å². The van der Waals surface area contributed by atoms with E-state index in [0.717, 1.165) is 11.4 Å². The van der Waals surface area contributed by atoms with Crippen molar-refractivity contribution in [3.8, 4) is 0 Å². The Bertz CT molecular complexity index is 959. The standard InChI is InChI=1S/C24H22N2S/c25-19-9-7-15-23(17-19)27(21-11-3-1-4-12-21,22-13-5-2-6-14-22)24-16-8-10-20(26)18-24/h1-18H,25-26H2. The summed E-state index contributed by atoms with van der Waals surface area (Å²) in [5.41, 5.74) is 13.9. The fraction of sp³-hybridized carbons (Fsp3) is 0. The summed E-state index contributed by atoms with van der Waals surface area (Å²) in [5.74, 6) is 0. The lowest BCUT2D eigenvalue weighted by Crippen LogP contribution is -2.06. The van der Waals surface area contributed by atoms with Gasteiger partial charge in [-0.25, -0.2) is 0 Å². The maximum absolute atomic E-state index is 6.21. The van der Waals surface area contributed by atoms with Gasteiger partial charge in [0.25, 0.3) is 0 Å². The van der Waals surface area contributed by atoms with Gasteiger partial charge in [-0.2, -0.15) is 0 Å². The smallest absolute Gasteiger partial charge is 0.0325 e. The van der Waals surface area contributed by atoms with Crippen LogP contribution in [0.2, 0.25) is 0 Å². The van der Waals surface area contributed by atoms with Crippen molar-refractivity contribution in [2.24, 2.45) is 0 Å². The van der Waals surface area contributed by atoms with Gasteiger partial charge in [-0.15, -0.1) is 10.0 Å². The lowest BCUT2D eigenvalue weighted by atomic mass is 10.3. The first kappa shape index (κ1) is 17.3. The van der Waals surface area contributed by atoms with E-state index in [0.29, 0.717) is 0 Å². The van der Waals surface area contributed by atoms with Crippen molar-refractivity contribution in [1.29, 1.82) is 0 Å². The average Bonchev–Trinajstić information content (AvgIpc) is 2.71. The van der Waals surface area contributed by atoms with E-state index in [-0.39, 0.29) is 0 Å². The van der Waals surface area contributed by atoms with Crippen molar-refractivity contribution in [2.75, 3.05) is 11.5 Å². The van der Waals surface area contributed by atoms with E-state index in [2.05, 4.69) is 84.9 Å². The Morgan fingerprint density at radius 3 is 1.15 bits per heavy atom. The molecule has 4 rings (SSSR count). The van der Waals surface area contributed by atoms with Crippen molar-refractivity contribution in [2.45, 2.75) is 19.6 Å². The Hall–Kier alpha value is -3.17. The molecular formula is C24H22N2S. The number of anilines is 2. The number of hydrogen-bond acceptors (Lipinski definition) is 2. The highest BCUT2D eigenvalue weighted by molar-refractivity contribution is 8.34. The molecule has 134 valence electrons. The van der Waals surface area contributed by atoms with Gasteiger partial charge in [-0.3, -0.25) is 0 Å². The van der Waals surface area contributed by atoms with Crippen LogP contribution in [-0.2, 0) is 0 Å². The van der Waals surface area contributed by atoms with Crippen LogP contribution in [0.3, 0.4) is 0 Å². The molecular weight excluding hydrogens is 348 g/mol. The predicted molar refractivity (Wildman–Crippen MR) is 115 cm³/mol. The number of nitrogen functional groups attached to an aromatic ring is 2. The third-order valence-corrected chi connectivity index (χ3v) is 8.50. The van der Waals surface area contributed by atoms with Crippen LogP contribution in [0.15, 0.2) is 129 Å². The average molecular weight is 371 g/mol. The summed E-state index contributed by atoms with van der Waals surface area (Å²) in [6, 6.07) is 37.8. The minimum atomic E-state index is -1.72.